The van der Waals surface area contributed by atoms with Gasteiger partial charge >= 0.3 is 0 Å². The zero-order valence-corrected chi connectivity index (χ0v) is 20.3. The number of ether oxygens (including phenoxy) is 1. The van der Waals surface area contributed by atoms with Crippen molar-refractivity contribution in [3.63, 3.8) is 0 Å². The molecule has 0 saturated carbocycles. The zero-order valence-electron chi connectivity index (χ0n) is 19.5. The van der Waals surface area contributed by atoms with Gasteiger partial charge in [0.1, 0.15) is 11.9 Å². The van der Waals surface area contributed by atoms with Crippen molar-refractivity contribution in [3.05, 3.63) is 58.5 Å². The molecular formula is C25H29N5O2S. The summed E-state index contributed by atoms with van der Waals surface area (Å²) in [6.07, 6.45) is 5.79. The molecule has 7 nitrogen and oxygen atoms in total. The number of hydrogen-bond donors (Lipinski definition) is 1. The number of nitriles is 1. The molecule has 1 N–H and O–H groups in total. The lowest BCUT2D eigenvalue weighted by Crippen LogP contribution is -2.22. The molecule has 0 radical (unpaired) electrons. The minimum absolute atomic E-state index is 0.109. The first kappa shape index (κ1) is 23.1. The van der Waals surface area contributed by atoms with Crippen molar-refractivity contribution in [2.75, 3.05) is 17.7 Å². The smallest absolute Gasteiger partial charge is 0.235 e. The molecule has 0 spiro atoms. The van der Waals surface area contributed by atoms with Crippen molar-refractivity contribution in [1.82, 2.24) is 14.1 Å². The van der Waals surface area contributed by atoms with Crippen LogP contribution >= 0.6 is 11.8 Å². The molecule has 0 aliphatic carbocycles. The molecule has 1 unspecified atom stereocenters. The molecule has 1 aliphatic heterocycles. The highest BCUT2D eigenvalue weighted by molar-refractivity contribution is 7.99. The fraction of sp³-hybridized carbons (Fsp3) is 0.400. The molecule has 8 heteroatoms. The molecule has 33 heavy (non-hydrogen) atoms. The molecule has 172 valence electrons. The van der Waals surface area contributed by atoms with E-state index in [1.54, 1.807) is 6.20 Å². The first-order chi connectivity index (χ1) is 15.9. The Balaban J connectivity index is 1.50. The van der Waals surface area contributed by atoms with E-state index in [9.17, 15) is 10.1 Å². The van der Waals surface area contributed by atoms with Gasteiger partial charge in [0.15, 0.2) is 5.16 Å². The molecular weight excluding hydrogens is 434 g/mol. The number of carbonyl (C=O) groups is 1. The Morgan fingerprint density at radius 3 is 2.85 bits per heavy atom. The minimum Gasteiger partial charge on any atom is -0.376 e. The van der Waals surface area contributed by atoms with Crippen LogP contribution in [0.2, 0.25) is 0 Å². The molecule has 1 saturated heterocycles. The monoisotopic (exact) mass is 463 g/mol. The first-order valence-electron chi connectivity index (χ1n) is 11.1. The fourth-order valence-electron chi connectivity index (χ4n) is 4.30. The maximum atomic E-state index is 12.9. The van der Waals surface area contributed by atoms with Crippen molar-refractivity contribution < 1.29 is 9.53 Å². The zero-order chi connectivity index (χ0) is 23.5. The maximum absolute atomic E-state index is 12.9. The Morgan fingerprint density at radius 1 is 1.33 bits per heavy atom. The maximum Gasteiger partial charge on any atom is 0.235 e. The highest BCUT2D eigenvalue weighted by atomic mass is 32.2. The summed E-state index contributed by atoms with van der Waals surface area (Å²) in [7, 11) is 0. The van der Waals surface area contributed by atoms with Gasteiger partial charge < -0.3 is 14.6 Å². The number of aryl methyl sites for hydroxylation is 2. The Hall–Kier alpha value is -3.02. The van der Waals surface area contributed by atoms with Crippen LogP contribution in [0, 0.1) is 39.0 Å². The lowest BCUT2D eigenvalue weighted by Gasteiger charge is -2.17. The summed E-state index contributed by atoms with van der Waals surface area (Å²) in [6, 6.07) is 8.54. The van der Waals surface area contributed by atoms with Crippen LogP contribution in [-0.4, -0.2) is 38.5 Å². The number of thioether (sulfide) groups is 1. The van der Waals surface area contributed by atoms with Crippen LogP contribution in [-0.2, 0) is 16.1 Å². The molecule has 4 rings (SSSR count). The van der Waals surface area contributed by atoms with Crippen molar-refractivity contribution in [2.24, 2.45) is 0 Å². The second kappa shape index (κ2) is 9.86. The van der Waals surface area contributed by atoms with E-state index >= 15 is 0 Å². The van der Waals surface area contributed by atoms with Gasteiger partial charge in [-0.05, 0) is 57.7 Å². The average molecular weight is 464 g/mol. The second-order valence-corrected chi connectivity index (χ2v) is 9.44. The van der Waals surface area contributed by atoms with Crippen LogP contribution < -0.4 is 5.32 Å². The van der Waals surface area contributed by atoms with Gasteiger partial charge in [0, 0.05) is 24.7 Å². The molecule has 1 aliphatic rings. The Labute approximate surface area is 198 Å². The number of amides is 1. The summed E-state index contributed by atoms with van der Waals surface area (Å²) < 4.78 is 9.81. The van der Waals surface area contributed by atoms with Gasteiger partial charge in [-0.25, -0.2) is 4.98 Å². The normalized spacial score (nSPS) is 15.5. The molecule has 1 atom stereocenters. The van der Waals surface area contributed by atoms with E-state index in [4.69, 9.17) is 4.74 Å². The summed E-state index contributed by atoms with van der Waals surface area (Å²) in [5.41, 5.74) is 5.79. The summed E-state index contributed by atoms with van der Waals surface area (Å²) >= 11 is 1.37. The van der Waals surface area contributed by atoms with E-state index < -0.39 is 0 Å². The molecule has 2 aromatic heterocycles. The van der Waals surface area contributed by atoms with E-state index in [1.165, 1.54) is 17.3 Å². The van der Waals surface area contributed by atoms with Gasteiger partial charge in [-0.1, -0.05) is 29.5 Å². The summed E-state index contributed by atoms with van der Waals surface area (Å²) in [5.74, 6) is 0.583. The van der Waals surface area contributed by atoms with Crippen molar-refractivity contribution in [3.8, 4) is 11.8 Å². The highest BCUT2D eigenvalue weighted by Crippen LogP contribution is 2.29. The first-order valence-corrected chi connectivity index (χ1v) is 12.1. The number of nitrogens with one attached hydrogen (secondary N) is 1. The van der Waals surface area contributed by atoms with Crippen LogP contribution in [0.4, 0.5) is 5.82 Å². The molecule has 1 aromatic carbocycles. The Bertz CT molecular complexity index is 1210. The average Bonchev–Trinajstić information content (AvgIpc) is 3.51. The molecule has 1 fully saturated rings. The summed E-state index contributed by atoms with van der Waals surface area (Å²) in [5, 5.41) is 13.5. The number of rotatable bonds is 7. The number of carbonyl (C=O) groups excluding carboxylic acids is 1. The van der Waals surface area contributed by atoms with E-state index in [0.717, 1.165) is 47.1 Å². The summed E-state index contributed by atoms with van der Waals surface area (Å²) in [4.78, 5) is 17.4. The predicted molar refractivity (Wildman–Crippen MR) is 130 cm³/mol. The minimum atomic E-state index is -0.169. The van der Waals surface area contributed by atoms with Crippen LogP contribution in [0.25, 0.3) is 5.69 Å². The molecule has 0 bridgehead atoms. The Kier molecular flexibility index (Phi) is 6.91. The number of nitrogens with zero attached hydrogens (tertiary/aromatic N) is 4. The largest absolute Gasteiger partial charge is 0.376 e. The van der Waals surface area contributed by atoms with E-state index in [1.807, 2.05) is 29.2 Å². The van der Waals surface area contributed by atoms with E-state index in [0.29, 0.717) is 17.9 Å². The molecule has 1 amide bonds. The number of hydrogen-bond acceptors (Lipinski definition) is 5. The van der Waals surface area contributed by atoms with Crippen LogP contribution in [0.3, 0.4) is 0 Å². The third-order valence-electron chi connectivity index (χ3n) is 6.16. The van der Waals surface area contributed by atoms with Gasteiger partial charge in [-0.2, -0.15) is 5.26 Å². The van der Waals surface area contributed by atoms with E-state index in [2.05, 4.69) is 48.4 Å². The van der Waals surface area contributed by atoms with Crippen molar-refractivity contribution >= 4 is 23.5 Å². The summed E-state index contributed by atoms with van der Waals surface area (Å²) in [6.45, 7) is 9.44. The number of imidazole rings is 1. The molecule has 3 heterocycles. The van der Waals surface area contributed by atoms with E-state index in [-0.39, 0.29) is 17.8 Å². The lowest BCUT2D eigenvalue weighted by atomic mass is 10.1. The van der Waals surface area contributed by atoms with Crippen molar-refractivity contribution in [1.29, 1.82) is 5.26 Å². The highest BCUT2D eigenvalue weighted by Gasteiger charge is 2.24. The van der Waals surface area contributed by atoms with Crippen LogP contribution in [0.1, 0.15) is 40.8 Å². The van der Waals surface area contributed by atoms with Gasteiger partial charge in [0.25, 0.3) is 0 Å². The Morgan fingerprint density at radius 2 is 2.15 bits per heavy atom. The quantitative estimate of drug-likeness (QED) is 0.514. The SMILES string of the molecule is Cc1ccc(-n2ccnc2SCC(=O)Nc2c(C#N)c(C)c(C)n2CC2CCCO2)c(C)c1. The van der Waals surface area contributed by atoms with Crippen LogP contribution in [0.5, 0.6) is 0 Å². The topological polar surface area (TPSA) is 84.9 Å². The number of anilines is 1. The van der Waals surface area contributed by atoms with Crippen molar-refractivity contribution in [2.45, 2.75) is 58.3 Å². The lowest BCUT2D eigenvalue weighted by molar-refractivity contribution is -0.113. The second-order valence-electron chi connectivity index (χ2n) is 8.50. The van der Waals surface area contributed by atoms with Gasteiger partial charge in [0.2, 0.25) is 5.91 Å². The molecule has 3 aromatic rings. The third-order valence-corrected chi connectivity index (χ3v) is 7.13. The van der Waals surface area contributed by atoms with Gasteiger partial charge in [-0.15, -0.1) is 0 Å². The van der Waals surface area contributed by atoms with Gasteiger partial charge in [0.05, 0.1) is 29.7 Å². The van der Waals surface area contributed by atoms with Gasteiger partial charge in [-0.3, -0.25) is 9.36 Å². The predicted octanol–water partition coefficient (Wildman–Crippen LogP) is 4.69. The van der Waals surface area contributed by atoms with Crippen LogP contribution in [0.15, 0.2) is 35.7 Å². The fourth-order valence-corrected chi connectivity index (χ4v) is 5.07. The number of benzene rings is 1. The standard InChI is InChI=1S/C25H29N5O2S/c1-16-7-8-22(17(2)12-16)29-10-9-27-25(29)33-15-23(31)28-24-21(13-26)18(3)19(4)30(24)14-20-6-5-11-32-20/h7-10,12,20H,5-6,11,14-15H2,1-4H3,(H,28,31). The third kappa shape index (κ3) is 4.85. The number of aromatic nitrogens is 3.